The Balaban J connectivity index is 0.000000339. The van der Waals surface area contributed by atoms with Crippen molar-refractivity contribution in [3.05, 3.63) is 59.2 Å². The topological polar surface area (TPSA) is 65.5 Å². The maximum Gasteiger partial charge on any atom is 0.490 e. The molecule has 2 aromatic heterocycles. The summed E-state index contributed by atoms with van der Waals surface area (Å²) in [5.41, 5.74) is 2.56. The highest BCUT2D eigenvalue weighted by atomic mass is 32.1. The Morgan fingerprint density at radius 2 is 1.87 bits per heavy atom. The van der Waals surface area contributed by atoms with E-state index in [4.69, 9.17) is 9.90 Å². The molecule has 166 valence electrons. The van der Waals surface area contributed by atoms with Crippen molar-refractivity contribution in [3.63, 3.8) is 0 Å². The van der Waals surface area contributed by atoms with Crippen LogP contribution in [0.15, 0.2) is 48.8 Å². The number of carboxylic acids is 1. The molecule has 1 saturated heterocycles. The van der Waals surface area contributed by atoms with Crippen molar-refractivity contribution in [2.75, 3.05) is 18.4 Å². The Morgan fingerprint density at radius 1 is 1.23 bits per heavy atom. The third kappa shape index (κ3) is 6.93. The summed E-state index contributed by atoms with van der Waals surface area (Å²) in [5, 5.41) is 12.1. The summed E-state index contributed by atoms with van der Waals surface area (Å²) in [6, 6.07) is 13.7. The van der Waals surface area contributed by atoms with E-state index in [9.17, 15) is 13.2 Å². The lowest BCUT2D eigenvalue weighted by Gasteiger charge is -2.32. The lowest BCUT2D eigenvalue weighted by molar-refractivity contribution is -0.192. The molecular weight excluding hydrogens is 427 g/mol. The van der Waals surface area contributed by atoms with Gasteiger partial charge in [-0.1, -0.05) is 17.7 Å². The highest BCUT2D eigenvalue weighted by molar-refractivity contribution is 7.19. The Hall–Kier alpha value is -2.65. The molecule has 1 aliphatic heterocycles. The molecule has 1 aliphatic rings. The highest BCUT2D eigenvalue weighted by Gasteiger charge is 2.38. The number of halogens is 3. The van der Waals surface area contributed by atoms with Gasteiger partial charge in [0.15, 0.2) is 0 Å². The number of rotatable bonds is 4. The zero-order valence-corrected chi connectivity index (χ0v) is 17.8. The maximum absolute atomic E-state index is 10.6. The molecule has 9 heteroatoms. The minimum Gasteiger partial charge on any atom is -0.475 e. The number of carboxylic acid groups (broad SMARTS) is 1. The van der Waals surface area contributed by atoms with Crippen LogP contribution in [0.2, 0.25) is 0 Å². The number of thiophene rings is 1. The van der Waals surface area contributed by atoms with Crippen molar-refractivity contribution in [1.82, 2.24) is 9.88 Å². The Morgan fingerprint density at radius 3 is 2.45 bits per heavy atom. The minimum atomic E-state index is -5.08. The molecule has 0 atom stereocenters. The molecule has 3 heterocycles. The van der Waals surface area contributed by atoms with E-state index in [1.165, 1.54) is 39.1 Å². The van der Waals surface area contributed by atoms with Crippen LogP contribution in [-0.2, 0) is 11.3 Å². The molecule has 0 unspecified atom stereocenters. The van der Waals surface area contributed by atoms with Gasteiger partial charge in [0.1, 0.15) is 0 Å². The third-order valence-corrected chi connectivity index (χ3v) is 6.08. The van der Waals surface area contributed by atoms with Crippen molar-refractivity contribution >= 4 is 33.1 Å². The number of hydrogen-bond acceptors (Lipinski definition) is 5. The van der Waals surface area contributed by atoms with Gasteiger partial charge in [0, 0.05) is 48.6 Å². The maximum atomic E-state index is 10.6. The molecule has 2 N–H and O–H groups in total. The number of hydrogen-bond donors (Lipinski definition) is 2. The van der Waals surface area contributed by atoms with Crippen LogP contribution >= 0.6 is 11.3 Å². The van der Waals surface area contributed by atoms with Gasteiger partial charge in [0.05, 0.1) is 4.70 Å². The first kappa shape index (κ1) is 23.0. The zero-order chi connectivity index (χ0) is 22.4. The predicted molar refractivity (Wildman–Crippen MR) is 116 cm³/mol. The number of piperidine rings is 1. The molecule has 31 heavy (non-hydrogen) atoms. The number of anilines is 1. The summed E-state index contributed by atoms with van der Waals surface area (Å²) in [4.78, 5) is 17.1. The average Bonchev–Trinajstić information content (AvgIpc) is 3.13. The molecule has 5 nitrogen and oxygen atoms in total. The number of carbonyl (C=O) groups is 1. The number of benzene rings is 1. The summed E-state index contributed by atoms with van der Waals surface area (Å²) >= 11 is 1.88. The van der Waals surface area contributed by atoms with E-state index in [-0.39, 0.29) is 0 Å². The van der Waals surface area contributed by atoms with Crippen LogP contribution in [0.3, 0.4) is 0 Å². The molecule has 1 fully saturated rings. The summed E-state index contributed by atoms with van der Waals surface area (Å²) in [6.45, 7) is 5.52. The third-order valence-electron chi connectivity index (χ3n) is 5.01. The number of alkyl halides is 3. The summed E-state index contributed by atoms with van der Waals surface area (Å²) in [6.07, 6.45) is 1.18. The Kier molecular flexibility index (Phi) is 7.50. The van der Waals surface area contributed by atoms with E-state index in [1.807, 2.05) is 23.7 Å². The van der Waals surface area contributed by atoms with Gasteiger partial charge in [-0.2, -0.15) is 13.2 Å². The fraction of sp³-hybridized carbons (Fsp3) is 0.364. The van der Waals surface area contributed by atoms with Crippen molar-refractivity contribution in [2.24, 2.45) is 0 Å². The van der Waals surface area contributed by atoms with Crippen molar-refractivity contribution in [2.45, 2.75) is 38.5 Å². The molecule has 1 aromatic carbocycles. The fourth-order valence-electron chi connectivity index (χ4n) is 3.36. The van der Waals surface area contributed by atoms with Gasteiger partial charge in [-0.25, -0.2) is 4.79 Å². The first-order valence-corrected chi connectivity index (χ1v) is 10.7. The van der Waals surface area contributed by atoms with Crippen LogP contribution in [0.5, 0.6) is 0 Å². The van der Waals surface area contributed by atoms with Crippen LogP contribution in [-0.4, -0.2) is 46.3 Å². The minimum absolute atomic E-state index is 0.593. The second-order valence-electron chi connectivity index (χ2n) is 7.49. The molecule has 0 aliphatic carbocycles. The Bertz CT molecular complexity index is 964. The Labute approximate surface area is 182 Å². The lowest BCUT2D eigenvalue weighted by atomic mass is 10.0. The number of nitrogens with zero attached hydrogens (tertiary/aromatic N) is 2. The number of fused-ring (bicyclic) bond motifs is 1. The summed E-state index contributed by atoms with van der Waals surface area (Å²) in [5.74, 6) is -2.76. The van der Waals surface area contributed by atoms with Crippen molar-refractivity contribution in [3.8, 4) is 0 Å². The number of aromatic nitrogens is 1. The molecular formula is C22H24F3N3O2S. The number of pyridine rings is 1. The monoisotopic (exact) mass is 451 g/mol. The number of aryl methyl sites for hydroxylation is 1. The second-order valence-corrected chi connectivity index (χ2v) is 8.66. The normalized spacial score (nSPS) is 15.4. The standard InChI is InChI=1S/C20H23N3S.C2HF3O2/c1-15-2-4-17(5-3-15)22-18-7-10-23(11-8-18)14-19-12-16-6-9-21-13-20(16)24-19;3-2(4,5)1(6)7/h2-6,9,12-13,18,22H,7-8,10-11,14H2,1H3;(H,6,7). The van der Waals surface area contributed by atoms with Gasteiger partial charge in [-0.05, 0) is 49.4 Å². The first-order chi connectivity index (χ1) is 14.7. The first-order valence-electron chi connectivity index (χ1n) is 9.89. The van der Waals surface area contributed by atoms with E-state index in [1.54, 1.807) is 0 Å². The second kappa shape index (κ2) is 10.1. The van der Waals surface area contributed by atoms with Gasteiger partial charge in [0.25, 0.3) is 0 Å². The van der Waals surface area contributed by atoms with Gasteiger partial charge < -0.3 is 10.4 Å². The SMILES string of the molecule is Cc1ccc(NC2CCN(Cc3cc4ccncc4s3)CC2)cc1.O=C(O)C(F)(F)F. The zero-order valence-electron chi connectivity index (χ0n) is 17.0. The highest BCUT2D eigenvalue weighted by Crippen LogP contribution is 2.27. The quantitative estimate of drug-likeness (QED) is 0.563. The van der Waals surface area contributed by atoms with Gasteiger partial charge in [0.2, 0.25) is 0 Å². The molecule has 0 spiro atoms. The molecule has 0 amide bonds. The van der Waals surface area contributed by atoms with E-state index in [0.29, 0.717) is 6.04 Å². The van der Waals surface area contributed by atoms with E-state index in [2.05, 4.69) is 58.5 Å². The van der Waals surface area contributed by atoms with Crippen LogP contribution in [0.1, 0.15) is 23.3 Å². The molecule has 0 radical (unpaired) electrons. The lowest BCUT2D eigenvalue weighted by Crippen LogP contribution is -2.38. The molecule has 4 rings (SSSR count). The van der Waals surface area contributed by atoms with Crippen LogP contribution < -0.4 is 5.32 Å². The fourth-order valence-corrected chi connectivity index (χ4v) is 4.43. The van der Waals surface area contributed by atoms with E-state index in [0.717, 1.165) is 19.6 Å². The van der Waals surface area contributed by atoms with Crippen LogP contribution in [0, 0.1) is 6.92 Å². The number of aliphatic carboxylic acids is 1. The predicted octanol–water partition coefficient (Wildman–Crippen LogP) is 5.31. The molecule has 0 saturated carbocycles. The van der Waals surface area contributed by atoms with Crippen LogP contribution in [0.4, 0.5) is 18.9 Å². The van der Waals surface area contributed by atoms with E-state index >= 15 is 0 Å². The largest absolute Gasteiger partial charge is 0.490 e. The molecule has 0 bridgehead atoms. The summed E-state index contributed by atoms with van der Waals surface area (Å²) in [7, 11) is 0. The van der Waals surface area contributed by atoms with Crippen molar-refractivity contribution in [1.29, 1.82) is 0 Å². The smallest absolute Gasteiger partial charge is 0.475 e. The van der Waals surface area contributed by atoms with Gasteiger partial charge in [-0.15, -0.1) is 11.3 Å². The summed E-state index contributed by atoms with van der Waals surface area (Å²) < 4.78 is 33.0. The van der Waals surface area contributed by atoms with Gasteiger partial charge >= 0.3 is 12.1 Å². The molecule has 3 aromatic rings. The van der Waals surface area contributed by atoms with Gasteiger partial charge in [-0.3, -0.25) is 9.88 Å². The number of likely N-dealkylation sites (tertiary alicyclic amines) is 1. The van der Waals surface area contributed by atoms with Crippen LogP contribution in [0.25, 0.3) is 10.1 Å². The van der Waals surface area contributed by atoms with Crippen molar-refractivity contribution < 1.29 is 23.1 Å². The number of nitrogens with one attached hydrogen (secondary N) is 1. The van der Waals surface area contributed by atoms with E-state index < -0.39 is 12.1 Å². The average molecular weight is 452 g/mol.